The standard InChI is InChI=1S/C16H26N2O2.ClH/c1-4-15(5-2)18(10-11-20-3)16(19)12-13-6-8-14(17)9-7-13;/h6-9,15H,4-5,10-12,17H2,1-3H3;1H. The Morgan fingerprint density at radius 2 is 1.81 bits per heavy atom. The van der Waals surface area contributed by atoms with Crippen molar-refractivity contribution in [3.8, 4) is 0 Å². The van der Waals surface area contributed by atoms with Crippen molar-refractivity contribution in [3.63, 3.8) is 0 Å². The van der Waals surface area contributed by atoms with Crippen LogP contribution in [0.2, 0.25) is 0 Å². The summed E-state index contributed by atoms with van der Waals surface area (Å²) in [6.45, 7) is 5.45. The molecule has 1 aromatic carbocycles. The van der Waals surface area contributed by atoms with Crippen molar-refractivity contribution < 1.29 is 9.53 Å². The van der Waals surface area contributed by atoms with Gasteiger partial charge in [-0.3, -0.25) is 4.79 Å². The van der Waals surface area contributed by atoms with Gasteiger partial charge in [0, 0.05) is 25.4 Å². The Balaban J connectivity index is 0.00000400. The Kier molecular flexibility index (Phi) is 9.84. The van der Waals surface area contributed by atoms with Crippen LogP contribution in [0.15, 0.2) is 24.3 Å². The zero-order valence-corrected chi connectivity index (χ0v) is 14.0. The first-order valence-corrected chi connectivity index (χ1v) is 7.25. The first kappa shape index (κ1) is 19.7. The van der Waals surface area contributed by atoms with Gasteiger partial charge < -0.3 is 15.4 Å². The summed E-state index contributed by atoms with van der Waals surface area (Å²) in [4.78, 5) is 14.4. The molecule has 0 aliphatic rings. The van der Waals surface area contributed by atoms with Gasteiger partial charge in [-0.1, -0.05) is 26.0 Å². The molecule has 0 saturated carbocycles. The van der Waals surface area contributed by atoms with E-state index in [1.165, 1.54) is 0 Å². The van der Waals surface area contributed by atoms with Crippen LogP contribution in [0.25, 0.3) is 0 Å². The van der Waals surface area contributed by atoms with E-state index >= 15 is 0 Å². The van der Waals surface area contributed by atoms with Crippen LogP contribution in [0.3, 0.4) is 0 Å². The second-order valence-electron chi connectivity index (χ2n) is 4.97. The lowest BCUT2D eigenvalue weighted by Crippen LogP contribution is -2.42. The maximum Gasteiger partial charge on any atom is 0.227 e. The number of amides is 1. The fourth-order valence-electron chi connectivity index (χ4n) is 2.34. The third-order valence-electron chi connectivity index (χ3n) is 3.57. The summed E-state index contributed by atoms with van der Waals surface area (Å²) in [5.74, 6) is 0.153. The molecule has 0 aromatic heterocycles. The smallest absolute Gasteiger partial charge is 0.227 e. The molecule has 0 atom stereocenters. The summed E-state index contributed by atoms with van der Waals surface area (Å²) < 4.78 is 5.12. The molecule has 21 heavy (non-hydrogen) atoms. The summed E-state index contributed by atoms with van der Waals surface area (Å²) in [5, 5.41) is 0. The average molecular weight is 315 g/mol. The Morgan fingerprint density at radius 1 is 1.24 bits per heavy atom. The first-order chi connectivity index (χ1) is 9.62. The van der Waals surface area contributed by atoms with Crippen molar-refractivity contribution >= 4 is 24.0 Å². The number of nitrogen functional groups attached to an aromatic ring is 1. The number of benzene rings is 1. The lowest BCUT2D eigenvalue weighted by Gasteiger charge is -2.30. The molecule has 0 fully saturated rings. The molecule has 1 aromatic rings. The molecule has 1 amide bonds. The molecule has 120 valence electrons. The maximum absolute atomic E-state index is 12.5. The second-order valence-corrected chi connectivity index (χ2v) is 4.97. The highest BCUT2D eigenvalue weighted by Crippen LogP contribution is 2.13. The van der Waals surface area contributed by atoms with Crippen molar-refractivity contribution in [2.75, 3.05) is 26.0 Å². The average Bonchev–Trinajstić information content (AvgIpc) is 2.45. The molecule has 0 aliphatic carbocycles. The van der Waals surface area contributed by atoms with E-state index in [-0.39, 0.29) is 24.4 Å². The minimum absolute atomic E-state index is 0. The molecular weight excluding hydrogens is 288 g/mol. The third-order valence-corrected chi connectivity index (χ3v) is 3.57. The van der Waals surface area contributed by atoms with Gasteiger partial charge in [-0.15, -0.1) is 12.4 Å². The Labute approximate surface area is 134 Å². The number of methoxy groups -OCH3 is 1. The molecule has 2 N–H and O–H groups in total. The van der Waals surface area contributed by atoms with E-state index in [0.717, 1.165) is 24.1 Å². The zero-order valence-electron chi connectivity index (χ0n) is 13.2. The second kappa shape index (κ2) is 10.5. The molecule has 0 saturated heterocycles. The van der Waals surface area contributed by atoms with E-state index in [1.807, 2.05) is 29.2 Å². The van der Waals surface area contributed by atoms with E-state index in [1.54, 1.807) is 7.11 Å². The molecule has 0 aliphatic heterocycles. The number of rotatable bonds is 8. The van der Waals surface area contributed by atoms with Crippen LogP contribution in [0.1, 0.15) is 32.3 Å². The van der Waals surface area contributed by atoms with Crippen LogP contribution < -0.4 is 5.73 Å². The molecule has 5 heteroatoms. The summed E-state index contributed by atoms with van der Waals surface area (Å²) in [6.07, 6.45) is 2.35. The Hall–Kier alpha value is -1.26. The van der Waals surface area contributed by atoms with Crippen LogP contribution in [0.5, 0.6) is 0 Å². The van der Waals surface area contributed by atoms with E-state index in [0.29, 0.717) is 19.6 Å². The van der Waals surface area contributed by atoms with Crippen molar-refractivity contribution in [3.05, 3.63) is 29.8 Å². The Bertz CT molecular complexity index is 405. The van der Waals surface area contributed by atoms with E-state index in [2.05, 4.69) is 13.8 Å². The fourth-order valence-corrected chi connectivity index (χ4v) is 2.34. The van der Waals surface area contributed by atoms with Gasteiger partial charge in [-0.05, 0) is 30.5 Å². The van der Waals surface area contributed by atoms with Gasteiger partial charge in [-0.25, -0.2) is 0 Å². The molecule has 0 radical (unpaired) electrons. The van der Waals surface area contributed by atoms with Gasteiger partial charge >= 0.3 is 0 Å². The normalized spacial score (nSPS) is 10.3. The number of ether oxygens (including phenoxy) is 1. The van der Waals surface area contributed by atoms with Gasteiger partial charge in [0.2, 0.25) is 5.91 Å². The van der Waals surface area contributed by atoms with Crippen molar-refractivity contribution in [1.29, 1.82) is 0 Å². The molecular formula is C16H27ClN2O2. The zero-order chi connectivity index (χ0) is 15.0. The molecule has 4 nitrogen and oxygen atoms in total. The number of carbonyl (C=O) groups is 1. The minimum Gasteiger partial charge on any atom is -0.399 e. The van der Waals surface area contributed by atoms with Crippen molar-refractivity contribution in [2.24, 2.45) is 0 Å². The summed E-state index contributed by atoms with van der Waals surface area (Å²) >= 11 is 0. The molecule has 0 spiro atoms. The van der Waals surface area contributed by atoms with Crippen LogP contribution in [0, 0.1) is 0 Å². The van der Waals surface area contributed by atoms with Gasteiger partial charge in [0.15, 0.2) is 0 Å². The van der Waals surface area contributed by atoms with E-state index in [9.17, 15) is 4.79 Å². The number of carbonyl (C=O) groups excluding carboxylic acids is 1. The number of nitrogens with two attached hydrogens (primary N) is 1. The maximum atomic E-state index is 12.5. The summed E-state index contributed by atoms with van der Waals surface area (Å²) in [5.41, 5.74) is 7.38. The number of anilines is 1. The molecule has 0 unspecified atom stereocenters. The summed E-state index contributed by atoms with van der Waals surface area (Å²) in [7, 11) is 1.66. The van der Waals surface area contributed by atoms with Crippen LogP contribution >= 0.6 is 12.4 Å². The highest BCUT2D eigenvalue weighted by atomic mass is 35.5. The predicted molar refractivity (Wildman–Crippen MR) is 89.8 cm³/mol. The van der Waals surface area contributed by atoms with Gasteiger partial charge in [0.1, 0.15) is 0 Å². The van der Waals surface area contributed by atoms with Crippen molar-refractivity contribution in [2.45, 2.75) is 39.2 Å². The first-order valence-electron chi connectivity index (χ1n) is 7.25. The van der Waals surface area contributed by atoms with Crippen LogP contribution in [0.4, 0.5) is 5.69 Å². The fraction of sp³-hybridized carbons (Fsp3) is 0.562. The largest absolute Gasteiger partial charge is 0.399 e. The van der Waals surface area contributed by atoms with Crippen LogP contribution in [-0.2, 0) is 16.0 Å². The van der Waals surface area contributed by atoms with E-state index in [4.69, 9.17) is 10.5 Å². The third kappa shape index (κ3) is 6.36. The quantitative estimate of drug-likeness (QED) is 0.751. The monoisotopic (exact) mass is 314 g/mol. The molecule has 0 bridgehead atoms. The lowest BCUT2D eigenvalue weighted by molar-refractivity contribution is -0.133. The Morgan fingerprint density at radius 3 is 2.29 bits per heavy atom. The highest BCUT2D eigenvalue weighted by Gasteiger charge is 2.20. The predicted octanol–water partition coefficient (Wildman–Crippen LogP) is 2.90. The highest BCUT2D eigenvalue weighted by molar-refractivity contribution is 5.85. The molecule has 1 rings (SSSR count). The minimum atomic E-state index is 0. The van der Waals surface area contributed by atoms with Crippen molar-refractivity contribution in [1.82, 2.24) is 4.90 Å². The number of halogens is 1. The van der Waals surface area contributed by atoms with Gasteiger partial charge in [-0.2, -0.15) is 0 Å². The lowest BCUT2D eigenvalue weighted by atomic mass is 10.1. The number of nitrogens with zero attached hydrogens (tertiary/aromatic N) is 1. The number of hydrogen-bond acceptors (Lipinski definition) is 3. The SMILES string of the molecule is CCC(CC)N(CCOC)C(=O)Cc1ccc(N)cc1.Cl. The van der Waals surface area contributed by atoms with Gasteiger partial charge in [0.05, 0.1) is 13.0 Å². The summed E-state index contributed by atoms with van der Waals surface area (Å²) in [6, 6.07) is 7.77. The van der Waals surface area contributed by atoms with Gasteiger partial charge in [0.25, 0.3) is 0 Å². The topological polar surface area (TPSA) is 55.6 Å². The van der Waals surface area contributed by atoms with Crippen LogP contribution in [-0.4, -0.2) is 37.1 Å². The molecule has 0 heterocycles. The number of hydrogen-bond donors (Lipinski definition) is 1. The van der Waals surface area contributed by atoms with E-state index < -0.39 is 0 Å².